The van der Waals surface area contributed by atoms with Gasteiger partial charge in [-0.2, -0.15) is 0 Å². The molecular weight excluding hydrogens is 340 g/mol. The lowest BCUT2D eigenvalue weighted by molar-refractivity contribution is -0.129. The van der Waals surface area contributed by atoms with Gasteiger partial charge in [0.25, 0.3) is 0 Å². The summed E-state index contributed by atoms with van der Waals surface area (Å²) in [5, 5.41) is 0. The Balaban J connectivity index is 1.48. The van der Waals surface area contributed by atoms with Crippen LogP contribution in [0.25, 0.3) is 11.4 Å². The van der Waals surface area contributed by atoms with Crippen molar-refractivity contribution in [3.63, 3.8) is 0 Å². The predicted octanol–water partition coefficient (Wildman–Crippen LogP) is 2.59. The number of rotatable bonds is 4. The molecule has 3 saturated heterocycles. The highest BCUT2D eigenvalue weighted by molar-refractivity contribution is 5.73. The molecule has 3 aliphatic rings. The molecule has 4 heterocycles. The van der Waals surface area contributed by atoms with Crippen LogP contribution in [0.2, 0.25) is 0 Å². The zero-order chi connectivity index (χ0) is 18.8. The number of hydrogen-bond donors (Lipinski definition) is 0. The molecule has 3 aliphatic heterocycles. The summed E-state index contributed by atoms with van der Waals surface area (Å²) in [6, 6.07) is 8.22. The smallest absolute Gasteiger partial charge is 0.219 e. The van der Waals surface area contributed by atoms with E-state index in [-0.39, 0.29) is 5.91 Å². The van der Waals surface area contributed by atoms with Crippen LogP contribution in [0, 0.1) is 5.92 Å². The Hall–Kier alpha value is -2.47. The quantitative estimate of drug-likeness (QED) is 0.832. The van der Waals surface area contributed by atoms with Gasteiger partial charge in [0, 0.05) is 57.1 Å². The van der Waals surface area contributed by atoms with Gasteiger partial charge >= 0.3 is 0 Å². The summed E-state index contributed by atoms with van der Waals surface area (Å²) < 4.78 is 5.41. The maximum atomic E-state index is 11.8. The lowest BCUT2D eigenvalue weighted by Gasteiger charge is -2.35. The number of ether oxygens (including phenoxy) is 1. The zero-order valence-electron chi connectivity index (χ0n) is 16.0. The first-order chi connectivity index (χ1) is 13.1. The van der Waals surface area contributed by atoms with Crippen LogP contribution in [-0.4, -0.2) is 58.5 Å². The highest BCUT2D eigenvalue weighted by Crippen LogP contribution is 2.30. The Morgan fingerprint density at radius 3 is 2.67 bits per heavy atom. The first kappa shape index (κ1) is 17.9. The summed E-state index contributed by atoms with van der Waals surface area (Å²) in [6.45, 7) is 5.29. The van der Waals surface area contributed by atoms with Crippen LogP contribution in [0.15, 0.2) is 36.7 Å². The van der Waals surface area contributed by atoms with Gasteiger partial charge in [0.05, 0.1) is 12.7 Å². The molecule has 2 aromatic rings. The van der Waals surface area contributed by atoms with Crippen LogP contribution >= 0.6 is 0 Å². The molecule has 0 unspecified atom stereocenters. The SMILES string of the molecule is COc1ccccc1-c1ncc(CN2C[C@H]3CC[C@@H]2CN(C(C)=O)C3)cn1. The van der Waals surface area contributed by atoms with Crippen molar-refractivity contribution in [3.8, 4) is 17.1 Å². The number of carbonyl (C=O) groups is 1. The first-order valence-corrected chi connectivity index (χ1v) is 9.58. The fourth-order valence-electron chi connectivity index (χ4n) is 4.27. The largest absolute Gasteiger partial charge is 0.496 e. The maximum Gasteiger partial charge on any atom is 0.219 e. The summed E-state index contributed by atoms with van der Waals surface area (Å²) in [5.74, 6) is 2.22. The Morgan fingerprint density at radius 2 is 1.93 bits per heavy atom. The third-order valence-corrected chi connectivity index (χ3v) is 5.71. The zero-order valence-corrected chi connectivity index (χ0v) is 16.0. The van der Waals surface area contributed by atoms with Crippen molar-refractivity contribution in [2.24, 2.45) is 5.92 Å². The fourth-order valence-corrected chi connectivity index (χ4v) is 4.27. The second-order valence-electron chi connectivity index (χ2n) is 7.57. The summed E-state index contributed by atoms with van der Waals surface area (Å²) in [6.07, 6.45) is 6.20. The predicted molar refractivity (Wildman–Crippen MR) is 103 cm³/mol. The first-order valence-electron chi connectivity index (χ1n) is 9.58. The third kappa shape index (κ3) is 3.81. The highest BCUT2D eigenvalue weighted by Gasteiger charge is 2.35. The van der Waals surface area contributed by atoms with E-state index in [2.05, 4.69) is 14.9 Å². The van der Waals surface area contributed by atoms with Crippen molar-refractivity contribution in [1.29, 1.82) is 0 Å². The van der Waals surface area contributed by atoms with E-state index in [1.165, 1.54) is 6.42 Å². The molecule has 0 spiro atoms. The van der Waals surface area contributed by atoms with Crippen LogP contribution < -0.4 is 4.74 Å². The molecule has 3 fully saturated rings. The normalized spacial score (nSPS) is 22.5. The van der Waals surface area contributed by atoms with Crippen molar-refractivity contribution in [3.05, 3.63) is 42.2 Å². The molecule has 0 radical (unpaired) electrons. The molecule has 1 aromatic heterocycles. The Kier molecular flexibility index (Phi) is 5.07. The summed E-state index contributed by atoms with van der Waals surface area (Å²) >= 11 is 0. The van der Waals surface area contributed by atoms with Crippen molar-refractivity contribution in [2.75, 3.05) is 26.7 Å². The van der Waals surface area contributed by atoms with Crippen molar-refractivity contribution < 1.29 is 9.53 Å². The molecule has 1 amide bonds. The molecule has 2 bridgehead atoms. The van der Waals surface area contributed by atoms with E-state index in [4.69, 9.17) is 4.74 Å². The van der Waals surface area contributed by atoms with E-state index < -0.39 is 0 Å². The number of methoxy groups -OCH3 is 1. The lowest BCUT2D eigenvalue weighted by Crippen LogP contribution is -2.43. The van der Waals surface area contributed by atoms with E-state index in [1.54, 1.807) is 14.0 Å². The molecule has 5 rings (SSSR count). The van der Waals surface area contributed by atoms with E-state index >= 15 is 0 Å². The van der Waals surface area contributed by atoms with Crippen LogP contribution in [-0.2, 0) is 11.3 Å². The molecule has 0 N–H and O–H groups in total. The van der Waals surface area contributed by atoms with Gasteiger partial charge in [-0.25, -0.2) is 9.97 Å². The minimum atomic E-state index is 0.193. The number of aromatic nitrogens is 2. The standard InChI is InChI=1S/C21H26N4O2/c1-15(26)24-11-16-7-8-18(14-24)25(12-16)13-17-9-22-21(23-10-17)19-5-3-4-6-20(19)27-2/h3-6,9-10,16,18H,7-8,11-14H2,1-2H3/t16-,18+/m0/s1. The summed E-state index contributed by atoms with van der Waals surface area (Å²) in [4.78, 5) is 25.5. The van der Waals surface area contributed by atoms with Crippen LogP contribution in [0.1, 0.15) is 25.3 Å². The molecule has 6 nitrogen and oxygen atoms in total. The summed E-state index contributed by atoms with van der Waals surface area (Å²) in [7, 11) is 1.66. The minimum Gasteiger partial charge on any atom is -0.496 e. The number of fused-ring (bicyclic) bond motifs is 4. The van der Waals surface area contributed by atoms with Gasteiger partial charge in [-0.1, -0.05) is 12.1 Å². The number of para-hydroxylation sites is 1. The number of benzene rings is 1. The van der Waals surface area contributed by atoms with Gasteiger partial charge in [0.2, 0.25) is 5.91 Å². The van der Waals surface area contributed by atoms with Crippen LogP contribution in [0.4, 0.5) is 0 Å². The molecule has 27 heavy (non-hydrogen) atoms. The van der Waals surface area contributed by atoms with Crippen LogP contribution in [0.5, 0.6) is 5.75 Å². The van der Waals surface area contributed by atoms with Gasteiger partial charge in [0.1, 0.15) is 5.75 Å². The molecule has 6 heteroatoms. The maximum absolute atomic E-state index is 11.8. The monoisotopic (exact) mass is 366 g/mol. The van der Waals surface area contributed by atoms with Gasteiger partial charge in [-0.3, -0.25) is 9.69 Å². The van der Waals surface area contributed by atoms with Gasteiger partial charge < -0.3 is 9.64 Å². The molecule has 0 aliphatic carbocycles. The van der Waals surface area contributed by atoms with E-state index in [1.807, 2.05) is 41.6 Å². The number of carbonyl (C=O) groups excluding carboxylic acids is 1. The van der Waals surface area contributed by atoms with E-state index in [0.717, 1.165) is 49.5 Å². The molecular formula is C21H26N4O2. The molecule has 1 aromatic carbocycles. The van der Waals surface area contributed by atoms with Crippen LogP contribution in [0.3, 0.4) is 0 Å². The van der Waals surface area contributed by atoms with Crippen molar-refractivity contribution in [1.82, 2.24) is 19.8 Å². The van der Waals surface area contributed by atoms with Crippen molar-refractivity contribution in [2.45, 2.75) is 32.4 Å². The van der Waals surface area contributed by atoms with Gasteiger partial charge in [-0.15, -0.1) is 0 Å². The molecule has 142 valence electrons. The van der Waals surface area contributed by atoms with E-state index in [9.17, 15) is 4.79 Å². The fraction of sp³-hybridized carbons (Fsp3) is 0.476. The van der Waals surface area contributed by atoms with Gasteiger partial charge in [-0.05, 0) is 30.9 Å². The summed E-state index contributed by atoms with van der Waals surface area (Å²) in [5.41, 5.74) is 2.01. The number of nitrogens with zero attached hydrogens (tertiary/aromatic N) is 4. The Labute approximate surface area is 160 Å². The number of piperidine rings is 1. The molecule has 2 atom stereocenters. The minimum absolute atomic E-state index is 0.193. The topological polar surface area (TPSA) is 58.6 Å². The Bertz CT molecular complexity index is 808. The Morgan fingerprint density at radius 1 is 1.15 bits per heavy atom. The lowest BCUT2D eigenvalue weighted by atomic mass is 9.95. The average Bonchev–Trinajstić information content (AvgIpc) is 3.01. The molecule has 0 saturated carbocycles. The van der Waals surface area contributed by atoms with Gasteiger partial charge in [0.15, 0.2) is 5.82 Å². The second kappa shape index (κ2) is 7.64. The average molecular weight is 366 g/mol. The van der Waals surface area contributed by atoms with Crippen molar-refractivity contribution >= 4 is 5.91 Å². The third-order valence-electron chi connectivity index (χ3n) is 5.71. The second-order valence-corrected chi connectivity index (χ2v) is 7.57. The van der Waals surface area contributed by atoms with E-state index in [0.29, 0.717) is 17.8 Å². The number of amides is 1. The highest BCUT2D eigenvalue weighted by atomic mass is 16.5. The number of hydrogen-bond acceptors (Lipinski definition) is 5.